The Morgan fingerprint density at radius 2 is 0.405 bits per heavy atom. The molecule has 0 unspecified atom stereocenters. The highest BCUT2D eigenvalue weighted by Crippen LogP contribution is 2.63. The quantitative estimate of drug-likeness (QED) is 0.145. The van der Waals surface area contributed by atoms with E-state index in [1.807, 2.05) is 0 Å². The minimum atomic E-state index is -0.509. The molecule has 1 aromatic heterocycles. The molecule has 368 valence electrons. The highest BCUT2D eigenvalue weighted by Gasteiger charge is 2.51. The van der Waals surface area contributed by atoms with E-state index < -0.39 is 5.41 Å². The molecule has 1 heterocycles. The van der Waals surface area contributed by atoms with Crippen molar-refractivity contribution in [2.24, 2.45) is 0 Å². The first-order valence-electron chi connectivity index (χ1n) is 27.1. The maximum absolute atomic E-state index is 5.45. The summed E-state index contributed by atoms with van der Waals surface area (Å²) in [6.45, 7) is 0. The van der Waals surface area contributed by atoms with Gasteiger partial charge < -0.3 is 0 Å². The van der Waals surface area contributed by atoms with Crippen molar-refractivity contribution in [3.8, 4) is 123 Å². The topological polar surface area (TPSA) is 38.7 Å². The van der Waals surface area contributed by atoms with E-state index >= 15 is 0 Å². The molecule has 0 bridgehead atoms. The number of aromatic nitrogens is 3. The van der Waals surface area contributed by atoms with Gasteiger partial charge in [0, 0.05) is 16.7 Å². The summed E-state index contributed by atoms with van der Waals surface area (Å²) in [4.78, 5) is 16.3. The second-order valence-electron chi connectivity index (χ2n) is 20.7. The van der Waals surface area contributed by atoms with E-state index in [0.717, 1.165) is 50.1 Å². The zero-order valence-electron chi connectivity index (χ0n) is 43.1. The molecule has 0 saturated heterocycles. The molecule has 0 saturated carbocycles. The van der Waals surface area contributed by atoms with Crippen molar-refractivity contribution in [2.75, 3.05) is 0 Å². The molecule has 0 fully saturated rings. The maximum Gasteiger partial charge on any atom is 0.164 e. The predicted molar refractivity (Wildman–Crippen MR) is 325 cm³/mol. The SMILES string of the molecule is c1ccc(-c2cccc(-c3cccc(-c4cccc(-c5nc(-c6cccc(-c7cccc(-c8cccc(-c9ccccc9)c8)c7)c6)nc(-c6ccc7c(c6)C6(c8ccccc8-c8ccccc86)c6ccccc6-7)n5)c4)c3)c2)cc1. The van der Waals surface area contributed by atoms with Gasteiger partial charge in [-0.3, -0.25) is 0 Å². The molecule has 0 amide bonds. The molecule has 2 aliphatic carbocycles. The van der Waals surface area contributed by atoms with E-state index in [9.17, 15) is 0 Å². The Bertz CT molecular complexity index is 4250. The highest BCUT2D eigenvalue weighted by atomic mass is 15.0. The lowest BCUT2D eigenvalue weighted by Crippen LogP contribution is -2.25. The van der Waals surface area contributed by atoms with Crippen LogP contribution in [0.4, 0.5) is 0 Å². The van der Waals surface area contributed by atoms with Gasteiger partial charge in [-0.2, -0.15) is 0 Å². The molecule has 0 aliphatic heterocycles. The van der Waals surface area contributed by atoms with Crippen LogP contribution in [-0.2, 0) is 5.41 Å². The molecular formula is C76H49N3. The minimum absolute atomic E-state index is 0.509. The van der Waals surface area contributed by atoms with Gasteiger partial charge in [-0.1, -0.05) is 255 Å². The lowest BCUT2D eigenvalue weighted by molar-refractivity contribution is 0.794. The fourth-order valence-electron chi connectivity index (χ4n) is 12.4. The molecule has 3 nitrogen and oxygen atoms in total. The van der Waals surface area contributed by atoms with E-state index in [0.29, 0.717) is 17.5 Å². The third-order valence-corrected chi connectivity index (χ3v) is 16.1. The maximum atomic E-state index is 5.45. The predicted octanol–water partition coefficient (Wildman–Crippen LogP) is 19.2. The number of nitrogens with zero attached hydrogens (tertiary/aromatic N) is 3. The van der Waals surface area contributed by atoms with Crippen molar-refractivity contribution in [2.45, 2.75) is 5.41 Å². The average Bonchev–Trinajstić information content (AvgIpc) is 4.08. The molecular weight excluding hydrogens is 955 g/mol. The third kappa shape index (κ3) is 7.94. The van der Waals surface area contributed by atoms with Crippen molar-refractivity contribution in [1.82, 2.24) is 15.0 Å². The first-order chi connectivity index (χ1) is 39.1. The van der Waals surface area contributed by atoms with Crippen LogP contribution in [0.3, 0.4) is 0 Å². The standard InChI is InChI=1S/C76H49N3/c1-3-19-50(20-4-1)52-23-13-25-54(43-52)56-27-15-29-58(45-56)60-31-17-33-62(47-60)73-77-74(63-34-18-32-61(48-63)59-30-16-28-57(46-59)55-26-14-24-53(44-55)51-21-5-2-6-22-51)79-75(78-73)64-41-42-68-67-37-9-12-40-71(67)76(72(68)49-64)69-38-10-7-35-65(69)66-36-8-11-39-70(66)76/h1-49H. The lowest BCUT2D eigenvalue weighted by atomic mass is 9.70. The second-order valence-corrected chi connectivity index (χ2v) is 20.7. The fraction of sp³-hybridized carbons (Fsp3) is 0.0132. The van der Waals surface area contributed by atoms with Gasteiger partial charge in [0.1, 0.15) is 0 Å². The van der Waals surface area contributed by atoms with Gasteiger partial charge in [-0.05, 0) is 154 Å². The summed E-state index contributed by atoms with van der Waals surface area (Å²) in [6, 6.07) is 107. The second kappa shape index (κ2) is 19.0. The van der Waals surface area contributed by atoms with Crippen LogP contribution < -0.4 is 0 Å². The Morgan fingerprint density at radius 3 is 0.747 bits per heavy atom. The minimum Gasteiger partial charge on any atom is -0.208 e. The van der Waals surface area contributed by atoms with E-state index in [4.69, 9.17) is 15.0 Å². The number of rotatable bonds is 9. The van der Waals surface area contributed by atoms with Crippen LogP contribution in [-0.4, -0.2) is 15.0 Å². The van der Waals surface area contributed by atoms with Crippen LogP contribution in [0, 0.1) is 0 Å². The number of benzene rings is 12. The van der Waals surface area contributed by atoms with Crippen LogP contribution >= 0.6 is 0 Å². The van der Waals surface area contributed by atoms with E-state index in [1.165, 1.54) is 77.9 Å². The Balaban J connectivity index is 0.864. The number of fused-ring (bicyclic) bond motifs is 10. The highest BCUT2D eigenvalue weighted by molar-refractivity contribution is 5.96. The zero-order chi connectivity index (χ0) is 52.3. The molecule has 0 radical (unpaired) electrons. The normalized spacial score (nSPS) is 12.4. The van der Waals surface area contributed by atoms with Gasteiger partial charge in [0.15, 0.2) is 17.5 Å². The molecule has 0 atom stereocenters. The number of hydrogen-bond acceptors (Lipinski definition) is 3. The molecule has 12 aromatic carbocycles. The largest absolute Gasteiger partial charge is 0.208 e. The van der Waals surface area contributed by atoms with Gasteiger partial charge in [0.05, 0.1) is 5.41 Å². The van der Waals surface area contributed by atoms with Gasteiger partial charge >= 0.3 is 0 Å². The van der Waals surface area contributed by atoms with Crippen LogP contribution in [0.15, 0.2) is 297 Å². The van der Waals surface area contributed by atoms with E-state index in [-0.39, 0.29) is 0 Å². The Kier molecular flexibility index (Phi) is 11.1. The molecule has 13 aromatic rings. The van der Waals surface area contributed by atoms with Crippen molar-refractivity contribution in [3.63, 3.8) is 0 Å². The summed E-state index contributed by atoms with van der Waals surface area (Å²) in [5.41, 5.74) is 26.2. The number of hydrogen-bond donors (Lipinski definition) is 0. The summed E-state index contributed by atoms with van der Waals surface area (Å²) in [5.74, 6) is 1.83. The molecule has 15 rings (SSSR count). The molecule has 3 heteroatoms. The molecule has 79 heavy (non-hydrogen) atoms. The average molecular weight is 1000 g/mol. The van der Waals surface area contributed by atoms with Crippen molar-refractivity contribution in [3.05, 3.63) is 320 Å². The Labute approximate surface area is 460 Å². The first kappa shape index (κ1) is 46.0. The monoisotopic (exact) mass is 1000 g/mol. The van der Waals surface area contributed by atoms with E-state index in [1.54, 1.807) is 0 Å². The summed E-state index contributed by atoms with van der Waals surface area (Å²) < 4.78 is 0. The molecule has 1 spiro atoms. The van der Waals surface area contributed by atoms with Crippen LogP contribution in [0.25, 0.3) is 123 Å². The van der Waals surface area contributed by atoms with Crippen LogP contribution in [0.2, 0.25) is 0 Å². The first-order valence-corrected chi connectivity index (χ1v) is 27.1. The van der Waals surface area contributed by atoms with Gasteiger partial charge in [-0.15, -0.1) is 0 Å². The summed E-state index contributed by atoms with van der Waals surface area (Å²) >= 11 is 0. The fourth-order valence-corrected chi connectivity index (χ4v) is 12.4. The molecule has 0 N–H and O–H groups in total. The summed E-state index contributed by atoms with van der Waals surface area (Å²) in [5, 5.41) is 0. The lowest BCUT2D eigenvalue weighted by Gasteiger charge is -2.30. The van der Waals surface area contributed by atoms with E-state index in [2.05, 4.69) is 297 Å². The van der Waals surface area contributed by atoms with Gasteiger partial charge in [0.2, 0.25) is 0 Å². The molecule has 2 aliphatic rings. The summed E-state index contributed by atoms with van der Waals surface area (Å²) in [7, 11) is 0. The smallest absolute Gasteiger partial charge is 0.164 e. The van der Waals surface area contributed by atoms with Crippen molar-refractivity contribution in [1.29, 1.82) is 0 Å². The van der Waals surface area contributed by atoms with Crippen LogP contribution in [0.1, 0.15) is 22.3 Å². The third-order valence-electron chi connectivity index (χ3n) is 16.1. The van der Waals surface area contributed by atoms with Gasteiger partial charge in [-0.25, -0.2) is 15.0 Å². The summed E-state index contributed by atoms with van der Waals surface area (Å²) in [6.07, 6.45) is 0. The van der Waals surface area contributed by atoms with Crippen molar-refractivity contribution < 1.29 is 0 Å². The van der Waals surface area contributed by atoms with Crippen molar-refractivity contribution >= 4 is 0 Å². The Morgan fingerprint density at radius 1 is 0.165 bits per heavy atom. The van der Waals surface area contributed by atoms with Gasteiger partial charge in [0.25, 0.3) is 0 Å². The zero-order valence-corrected chi connectivity index (χ0v) is 43.1. The Hall–Kier alpha value is -10.4. The van der Waals surface area contributed by atoms with Crippen LogP contribution in [0.5, 0.6) is 0 Å².